The molecule has 1 heterocycles. The standard InChI is InChI=1S/C9H12N2O3/c1-13-9(12)5-7-3-2-4-8(11-7)14-6-10/h2-4H,5-6,10H2,1H3. The van der Waals surface area contributed by atoms with Crippen LogP contribution in [0.3, 0.4) is 0 Å². The van der Waals surface area contributed by atoms with Crippen LogP contribution in [0, 0.1) is 0 Å². The van der Waals surface area contributed by atoms with E-state index >= 15 is 0 Å². The van der Waals surface area contributed by atoms with Crippen molar-refractivity contribution in [3.63, 3.8) is 0 Å². The van der Waals surface area contributed by atoms with Crippen LogP contribution in [-0.2, 0) is 16.0 Å². The minimum Gasteiger partial charge on any atom is -0.469 e. The molecule has 0 fully saturated rings. The summed E-state index contributed by atoms with van der Waals surface area (Å²) < 4.78 is 9.49. The van der Waals surface area contributed by atoms with E-state index in [0.29, 0.717) is 11.6 Å². The first-order valence-electron chi connectivity index (χ1n) is 4.12. The molecule has 0 bridgehead atoms. The van der Waals surface area contributed by atoms with Crippen LogP contribution in [0.4, 0.5) is 0 Å². The van der Waals surface area contributed by atoms with E-state index in [2.05, 4.69) is 9.72 Å². The van der Waals surface area contributed by atoms with Gasteiger partial charge in [-0.3, -0.25) is 10.5 Å². The summed E-state index contributed by atoms with van der Waals surface area (Å²) in [7, 11) is 1.34. The van der Waals surface area contributed by atoms with Crippen LogP contribution < -0.4 is 10.5 Å². The molecule has 0 aliphatic carbocycles. The Hall–Kier alpha value is -1.62. The third-order valence-electron chi connectivity index (χ3n) is 1.57. The number of esters is 1. The Bertz CT molecular complexity index is 315. The Morgan fingerprint density at radius 3 is 3.00 bits per heavy atom. The van der Waals surface area contributed by atoms with Gasteiger partial charge in [0, 0.05) is 6.07 Å². The molecule has 0 saturated carbocycles. The number of aromatic nitrogens is 1. The lowest BCUT2D eigenvalue weighted by atomic mass is 10.3. The molecule has 0 aromatic carbocycles. The zero-order chi connectivity index (χ0) is 10.4. The van der Waals surface area contributed by atoms with E-state index in [-0.39, 0.29) is 19.1 Å². The fourth-order valence-electron chi connectivity index (χ4n) is 0.942. The summed E-state index contributed by atoms with van der Waals surface area (Å²) >= 11 is 0. The highest BCUT2D eigenvalue weighted by Gasteiger charge is 2.04. The maximum Gasteiger partial charge on any atom is 0.311 e. The molecular weight excluding hydrogens is 184 g/mol. The average molecular weight is 196 g/mol. The van der Waals surface area contributed by atoms with Crippen LogP contribution >= 0.6 is 0 Å². The lowest BCUT2D eigenvalue weighted by Gasteiger charge is -2.03. The van der Waals surface area contributed by atoms with Crippen LogP contribution in [-0.4, -0.2) is 24.8 Å². The van der Waals surface area contributed by atoms with Crippen molar-refractivity contribution in [2.45, 2.75) is 6.42 Å². The monoisotopic (exact) mass is 196 g/mol. The molecule has 2 N–H and O–H groups in total. The molecule has 1 aromatic rings. The summed E-state index contributed by atoms with van der Waals surface area (Å²) in [6.45, 7) is 0.0642. The number of methoxy groups -OCH3 is 1. The smallest absolute Gasteiger partial charge is 0.311 e. The van der Waals surface area contributed by atoms with Crippen molar-refractivity contribution in [2.24, 2.45) is 5.73 Å². The molecule has 1 rings (SSSR count). The molecule has 0 atom stereocenters. The zero-order valence-corrected chi connectivity index (χ0v) is 7.90. The average Bonchev–Trinajstić information content (AvgIpc) is 2.19. The van der Waals surface area contributed by atoms with E-state index in [9.17, 15) is 4.79 Å². The predicted octanol–water partition coefficient (Wildman–Crippen LogP) is 0.0921. The second kappa shape index (κ2) is 5.18. The van der Waals surface area contributed by atoms with Crippen LogP contribution in [0.1, 0.15) is 5.69 Å². The predicted molar refractivity (Wildman–Crippen MR) is 49.6 cm³/mol. The molecule has 0 radical (unpaired) electrons. The van der Waals surface area contributed by atoms with Crippen LogP contribution in [0.15, 0.2) is 18.2 Å². The van der Waals surface area contributed by atoms with Gasteiger partial charge >= 0.3 is 5.97 Å². The summed E-state index contributed by atoms with van der Waals surface area (Å²) in [5, 5.41) is 0. The van der Waals surface area contributed by atoms with Gasteiger partial charge in [-0.1, -0.05) is 6.07 Å². The number of nitrogens with zero attached hydrogens (tertiary/aromatic N) is 1. The summed E-state index contributed by atoms with van der Waals surface area (Å²) in [4.78, 5) is 15.0. The molecule has 1 aromatic heterocycles. The van der Waals surface area contributed by atoms with Crippen molar-refractivity contribution in [3.8, 4) is 5.88 Å². The van der Waals surface area contributed by atoms with Crippen LogP contribution in [0.2, 0.25) is 0 Å². The van der Waals surface area contributed by atoms with Gasteiger partial charge in [0.05, 0.1) is 19.2 Å². The number of carbonyl (C=O) groups excluding carboxylic acids is 1. The first-order valence-corrected chi connectivity index (χ1v) is 4.12. The third kappa shape index (κ3) is 3.02. The fraction of sp³-hybridized carbons (Fsp3) is 0.333. The SMILES string of the molecule is COC(=O)Cc1cccc(OCN)n1. The lowest BCUT2D eigenvalue weighted by molar-refractivity contribution is -0.139. The molecule has 5 nitrogen and oxygen atoms in total. The molecule has 0 unspecified atom stereocenters. The molecule has 0 aliphatic heterocycles. The van der Waals surface area contributed by atoms with E-state index in [1.54, 1.807) is 18.2 Å². The van der Waals surface area contributed by atoms with Gasteiger partial charge in [-0.05, 0) is 6.07 Å². The van der Waals surface area contributed by atoms with Crippen LogP contribution in [0.25, 0.3) is 0 Å². The van der Waals surface area contributed by atoms with Gasteiger partial charge in [0.1, 0.15) is 6.73 Å². The number of carbonyl (C=O) groups is 1. The van der Waals surface area contributed by atoms with Crippen molar-refractivity contribution in [1.29, 1.82) is 0 Å². The molecule has 0 amide bonds. The largest absolute Gasteiger partial charge is 0.469 e. The summed E-state index contributed by atoms with van der Waals surface area (Å²) in [5.74, 6) is 0.0799. The quantitative estimate of drug-likeness (QED) is 0.545. The van der Waals surface area contributed by atoms with E-state index in [4.69, 9.17) is 10.5 Å². The van der Waals surface area contributed by atoms with Crippen LogP contribution in [0.5, 0.6) is 5.88 Å². The minimum absolute atomic E-state index is 0.0642. The maximum absolute atomic E-state index is 10.9. The Morgan fingerprint density at radius 2 is 2.36 bits per heavy atom. The molecule has 76 valence electrons. The molecule has 0 saturated heterocycles. The van der Waals surface area contributed by atoms with E-state index < -0.39 is 0 Å². The van der Waals surface area contributed by atoms with Gasteiger partial charge < -0.3 is 9.47 Å². The topological polar surface area (TPSA) is 74.4 Å². The van der Waals surface area contributed by atoms with E-state index in [1.165, 1.54) is 7.11 Å². The van der Waals surface area contributed by atoms with Crippen molar-refractivity contribution in [1.82, 2.24) is 4.98 Å². The minimum atomic E-state index is -0.331. The first-order chi connectivity index (χ1) is 6.76. The van der Waals surface area contributed by atoms with Gasteiger partial charge in [-0.25, -0.2) is 4.98 Å². The normalized spacial score (nSPS) is 9.57. The molecule has 0 aliphatic rings. The number of nitrogens with two attached hydrogens (primary N) is 1. The van der Waals surface area contributed by atoms with Crippen molar-refractivity contribution in [3.05, 3.63) is 23.9 Å². The van der Waals surface area contributed by atoms with Gasteiger partial charge in [0.25, 0.3) is 0 Å². The molecule has 14 heavy (non-hydrogen) atoms. The van der Waals surface area contributed by atoms with Crippen molar-refractivity contribution in [2.75, 3.05) is 13.8 Å². The number of hydrogen-bond acceptors (Lipinski definition) is 5. The first kappa shape index (κ1) is 10.5. The number of ether oxygens (including phenoxy) is 2. The second-order valence-corrected chi connectivity index (χ2v) is 2.53. The van der Waals surface area contributed by atoms with Crippen molar-refractivity contribution < 1.29 is 14.3 Å². The molecule has 0 spiro atoms. The van der Waals surface area contributed by atoms with Gasteiger partial charge in [-0.2, -0.15) is 0 Å². The Labute approximate surface area is 81.8 Å². The number of pyridine rings is 1. The highest BCUT2D eigenvalue weighted by atomic mass is 16.5. The second-order valence-electron chi connectivity index (χ2n) is 2.53. The maximum atomic E-state index is 10.9. The molecule has 5 heteroatoms. The fourth-order valence-corrected chi connectivity index (χ4v) is 0.942. The summed E-state index contributed by atoms with van der Waals surface area (Å²) in [6, 6.07) is 5.14. The highest BCUT2D eigenvalue weighted by molar-refractivity contribution is 5.71. The number of rotatable bonds is 4. The van der Waals surface area contributed by atoms with E-state index in [0.717, 1.165) is 0 Å². The molecular formula is C9H12N2O3. The summed E-state index contributed by atoms with van der Waals surface area (Å²) in [6.07, 6.45) is 0.137. The van der Waals surface area contributed by atoms with Crippen molar-refractivity contribution >= 4 is 5.97 Å². The van der Waals surface area contributed by atoms with Gasteiger partial charge in [0.2, 0.25) is 5.88 Å². The van der Waals surface area contributed by atoms with E-state index in [1.807, 2.05) is 0 Å². The Morgan fingerprint density at radius 1 is 1.57 bits per heavy atom. The highest BCUT2D eigenvalue weighted by Crippen LogP contribution is 2.07. The summed E-state index contributed by atoms with van der Waals surface area (Å²) in [5.41, 5.74) is 5.78. The Balaban J connectivity index is 2.68. The van der Waals surface area contributed by atoms with Gasteiger partial charge in [0.15, 0.2) is 0 Å². The Kier molecular flexibility index (Phi) is 3.87. The lowest BCUT2D eigenvalue weighted by Crippen LogP contribution is -2.10. The zero-order valence-electron chi connectivity index (χ0n) is 7.90. The third-order valence-corrected chi connectivity index (χ3v) is 1.57. The van der Waals surface area contributed by atoms with Gasteiger partial charge in [-0.15, -0.1) is 0 Å². The number of hydrogen-bond donors (Lipinski definition) is 1.